The van der Waals surface area contributed by atoms with Gasteiger partial charge >= 0.3 is 6.09 Å². The number of hydrogen-bond donors (Lipinski definition) is 1. The molecule has 0 aliphatic heterocycles. The number of amides is 2. The summed E-state index contributed by atoms with van der Waals surface area (Å²) < 4.78 is 29.0. The van der Waals surface area contributed by atoms with Crippen LogP contribution in [0.2, 0.25) is 0 Å². The first-order valence-electron chi connectivity index (χ1n) is 12.8. The fourth-order valence-electron chi connectivity index (χ4n) is 4.30. The number of halogens is 1. The molecule has 0 fully saturated rings. The molecule has 4 rings (SSSR count). The topological polar surface area (TPSA) is 117 Å². The zero-order valence-electron chi connectivity index (χ0n) is 22.6. The molecule has 0 spiro atoms. The summed E-state index contributed by atoms with van der Waals surface area (Å²) >= 11 is 0. The zero-order chi connectivity index (χ0) is 28.1. The second-order valence-electron chi connectivity index (χ2n) is 9.36. The van der Waals surface area contributed by atoms with Gasteiger partial charge in [0.25, 0.3) is 5.91 Å². The van der Waals surface area contributed by atoms with E-state index in [0.29, 0.717) is 42.1 Å². The van der Waals surface area contributed by atoms with Gasteiger partial charge in [0.1, 0.15) is 17.2 Å². The van der Waals surface area contributed by atoms with E-state index < -0.39 is 17.8 Å². The van der Waals surface area contributed by atoms with E-state index in [0.717, 1.165) is 29.8 Å². The summed E-state index contributed by atoms with van der Waals surface area (Å²) in [6, 6.07) is 8.09. The van der Waals surface area contributed by atoms with Gasteiger partial charge in [-0.25, -0.2) is 14.2 Å². The normalized spacial score (nSPS) is 11.1. The molecule has 0 saturated carbocycles. The Labute approximate surface area is 226 Å². The van der Waals surface area contributed by atoms with Crippen molar-refractivity contribution in [2.24, 2.45) is 12.8 Å². The van der Waals surface area contributed by atoms with Crippen molar-refractivity contribution in [3.05, 3.63) is 71.2 Å². The molecule has 0 saturated heterocycles. The predicted molar refractivity (Wildman–Crippen MR) is 144 cm³/mol. The van der Waals surface area contributed by atoms with Crippen molar-refractivity contribution < 1.29 is 23.5 Å². The SMILES string of the molecule is CCCCOC(=O)N(C)Cc1cnc2ccc(-c3ccc(F)cc3OCCc3c(C(N)=O)nn(C)c3C)cn12. The molecule has 2 N–H and O–H groups in total. The predicted octanol–water partition coefficient (Wildman–Crippen LogP) is 4.27. The smallest absolute Gasteiger partial charge is 0.409 e. The van der Waals surface area contributed by atoms with Gasteiger partial charge in [0, 0.05) is 55.2 Å². The van der Waals surface area contributed by atoms with Crippen molar-refractivity contribution >= 4 is 17.6 Å². The highest BCUT2D eigenvalue weighted by molar-refractivity contribution is 5.92. The van der Waals surface area contributed by atoms with Gasteiger partial charge < -0.3 is 24.5 Å². The Bertz CT molecular complexity index is 1490. The van der Waals surface area contributed by atoms with E-state index in [4.69, 9.17) is 15.2 Å². The van der Waals surface area contributed by atoms with E-state index in [2.05, 4.69) is 10.1 Å². The third-order valence-electron chi connectivity index (χ3n) is 6.57. The van der Waals surface area contributed by atoms with Gasteiger partial charge in [-0.05, 0) is 37.6 Å². The van der Waals surface area contributed by atoms with Gasteiger partial charge in [-0.2, -0.15) is 5.10 Å². The Hall–Kier alpha value is -4.41. The van der Waals surface area contributed by atoms with E-state index in [1.54, 1.807) is 31.0 Å². The number of carbonyl (C=O) groups excluding carboxylic acids is 2. The van der Waals surface area contributed by atoms with Gasteiger partial charge in [-0.3, -0.25) is 9.48 Å². The minimum Gasteiger partial charge on any atom is -0.492 e. The Kier molecular flexibility index (Phi) is 8.48. The highest BCUT2D eigenvalue weighted by atomic mass is 19.1. The van der Waals surface area contributed by atoms with Crippen LogP contribution in [0.25, 0.3) is 16.8 Å². The summed E-state index contributed by atoms with van der Waals surface area (Å²) in [5.74, 6) is -0.684. The van der Waals surface area contributed by atoms with Crippen molar-refractivity contribution in [2.75, 3.05) is 20.3 Å². The average Bonchev–Trinajstić information content (AvgIpc) is 3.44. The molecule has 3 heterocycles. The number of carbonyl (C=O) groups is 2. The number of imidazole rings is 1. The number of aromatic nitrogens is 4. The van der Waals surface area contributed by atoms with Crippen LogP contribution in [0.4, 0.5) is 9.18 Å². The van der Waals surface area contributed by atoms with Crippen LogP contribution in [0.3, 0.4) is 0 Å². The lowest BCUT2D eigenvalue weighted by atomic mass is 10.1. The Morgan fingerprint density at radius 3 is 2.72 bits per heavy atom. The van der Waals surface area contributed by atoms with Crippen molar-refractivity contribution in [1.29, 1.82) is 0 Å². The minimum absolute atomic E-state index is 0.187. The first-order valence-corrected chi connectivity index (χ1v) is 12.8. The molecule has 0 aliphatic carbocycles. The minimum atomic E-state index is -0.607. The maximum absolute atomic E-state index is 14.2. The Morgan fingerprint density at radius 1 is 1.18 bits per heavy atom. The summed E-state index contributed by atoms with van der Waals surface area (Å²) in [4.78, 5) is 30.1. The molecule has 0 unspecified atom stereocenters. The van der Waals surface area contributed by atoms with Crippen LogP contribution in [-0.2, 0) is 24.8 Å². The second kappa shape index (κ2) is 12.0. The van der Waals surface area contributed by atoms with Crippen molar-refractivity contribution in [2.45, 2.75) is 39.7 Å². The largest absolute Gasteiger partial charge is 0.492 e. The van der Waals surface area contributed by atoms with E-state index in [1.165, 1.54) is 17.0 Å². The Morgan fingerprint density at radius 2 is 1.97 bits per heavy atom. The molecule has 0 atom stereocenters. The number of ether oxygens (including phenoxy) is 2. The number of unbranched alkanes of at least 4 members (excludes halogenated alkanes) is 1. The van der Waals surface area contributed by atoms with Gasteiger partial charge in [-0.15, -0.1) is 0 Å². The van der Waals surface area contributed by atoms with Crippen LogP contribution in [0.1, 0.15) is 47.2 Å². The molecule has 1 aromatic carbocycles. The van der Waals surface area contributed by atoms with E-state index in [-0.39, 0.29) is 12.3 Å². The molecule has 3 aromatic heterocycles. The van der Waals surface area contributed by atoms with Crippen LogP contribution in [0, 0.1) is 12.7 Å². The number of nitrogens with zero attached hydrogens (tertiary/aromatic N) is 5. The molecule has 4 aromatic rings. The molecule has 10 nitrogen and oxygen atoms in total. The summed E-state index contributed by atoms with van der Waals surface area (Å²) in [5.41, 5.74) is 10.1. The summed E-state index contributed by atoms with van der Waals surface area (Å²) in [5, 5.41) is 4.18. The van der Waals surface area contributed by atoms with Crippen LogP contribution in [0.5, 0.6) is 5.75 Å². The number of pyridine rings is 1. The van der Waals surface area contributed by atoms with Gasteiger partial charge in [0.05, 0.1) is 31.6 Å². The van der Waals surface area contributed by atoms with E-state index in [9.17, 15) is 14.0 Å². The molecule has 0 radical (unpaired) electrons. The number of benzene rings is 1. The van der Waals surface area contributed by atoms with Crippen molar-refractivity contribution in [1.82, 2.24) is 24.1 Å². The molecule has 11 heteroatoms. The first-order chi connectivity index (χ1) is 18.7. The lowest BCUT2D eigenvalue weighted by Gasteiger charge is -2.17. The lowest BCUT2D eigenvalue weighted by molar-refractivity contribution is 0.0993. The fourth-order valence-corrected chi connectivity index (χ4v) is 4.30. The van der Waals surface area contributed by atoms with Crippen LogP contribution < -0.4 is 10.5 Å². The van der Waals surface area contributed by atoms with Crippen LogP contribution in [0.15, 0.2) is 42.7 Å². The van der Waals surface area contributed by atoms with Crippen molar-refractivity contribution in [3.63, 3.8) is 0 Å². The lowest BCUT2D eigenvalue weighted by Crippen LogP contribution is -2.27. The third-order valence-corrected chi connectivity index (χ3v) is 6.57. The van der Waals surface area contributed by atoms with Gasteiger partial charge in [0.2, 0.25) is 0 Å². The van der Waals surface area contributed by atoms with Crippen molar-refractivity contribution in [3.8, 4) is 16.9 Å². The average molecular weight is 537 g/mol. The molecule has 0 aliphatic rings. The summed E-state index contributed by atoms with van der Waals surface area (Å²) in [7, 11) is 3.42. The number of fused-ring (bicyclic) bond motifs is 1. The highest BCUT2D eigenvalue weighted by Crippen LogP contribution is 2.32. The molecular formula is C28H33FN6O4. The molecular weight excluding hydrogens is 503 g/mol. The number of aryl methyl sites for hydroxylation is 1. The van der Waals surface area contributed by atoms with Crippen LogP contribution in [-0.4, -0.2) is 56.3 Å². The first kappa shape index (κ1) is 27.6. The van der Waals surface area contributed by atoms with E-state index in [1.807, 2.05) is 36.6 Å². The quantitative estimate of drug-likeness (QED) is 0.286. The van der Waals surface area contributed by atoms with E-state index >= 15 is 0 Å². The molecule has 206 valence electrons. The molecule has 0 bridgehead atoms. The van der Waals surface area contributed by atoms with Gasteiger partial charge in [-0.1, -0.05) is 13.3 Å². The Balaban J connectivity index is 1.55. The fraction of sp³-hybridized carbons (Fsp3) is 0.357. The molecule has 39 heavy (non-hydrogen) atoms. The maximum atomic E-state index is 14.2. The number of rotatable bonds is 11. The monoisotopic (exact) mass is 536 g/mol. The standard InChI is InChI=1S/C28H33FN6O4/c1-5-6-12-39-28(37)33(3)17-21-15-31-25-10-7-19(16-35(21)25)23-9-8-20(29)14-24(23)38-13-11-22-18(2)34(4)32-26(22)27(30)36/h7-10,14-16H,5-6,11-13,17H2,1-4H3,(H2,30,36). The number of hydrogen-bond acceptors (Lipinski definition) is 6. The summed E-state index contributed by atoms with van der Waals surface area (Å²) in [6.07, 6.45) is 5.33. The maximum Gasteiger partial charge on any atom is 0.409 e. The zero-order valence-corrected chi connectivity index (χ0v) is 22.6. The molecule has 2 amide bonds. The van der Waals surface area contributed by atoms with Crippen LogP contribution >= 0.6 is 0 Å². The number of nitrogens with two attached hydrogens (primary N) is 1. The van der Waals surface area contributed by atoms with Gasteiger partial charge in [0.15, 0.2) is 5.69 Å². The second-order valence-corrected chi connectivity index (χ2v) is 9.36. The number of primary amides is 1. The third kappa shape index (κ3) is 6.19. The summed E-state index contributed by atoms with van der Waals surface area (Å²) in [6.45, 7) is 4.76. The highest BCUT2D eigenvalue weighted by Gasteiger charge is 2.18.